The molecule has 0 amide bonds. The number of anilines is 2. The van der Waals surface area contributed by atoms with Crippen LogP contribution in [-0.2, 0) is 0 Å². The highest BCUT2D eigenvalue weighted by atomic mass is 35.5. The summed E-state index contributed by atoms with van der Waals surface area (Å²) >= 11 is 6.15. The first-order valence-corrected chi connectivity index (χ1v) is 6.16. The van der Waals surface area contributed by atoms with Crippen molar-refractivity contribution in [2.45, 2.75) is 6.04 Å². The molecule has 3 nitrogen and oxygen atoms in total. The first kappa shape index (κ1) is 11.2. The van der Waals surface area contributed by atoms with Gasteiger partial charge < -0.3 is 15.8 Å². The summed E-state index contributed by atoms with van der Waals surface area (Å²) in [5.74, 6) is 0.917. The number of nitrogen functional groups attached to an aromatic ring is 1. The standard InChI is InChI=1S/C14H13ClN2O/c15-10-5-3-6-11(16)14(10)17-12-8-18-13-7-2-1-4-9(12)13/h1-7,12,17H,8,16H2. The van der Waals surface area contributed by atoms with Gasteiger partial charge in [-0.05, 0) is 18.2 Å². The molecule has 0 saturated carbocycles. The van der Waals surface area contributed by atoms with Crippen LogP contribution in [-0.4, -0.2) is 6.61 Å². The number of para-hydroxylation sites is 2. The number of rotatable bonds is 2. The van der Waals surface area contributed by atoms with E-state index < -0.39 is 0 Å². The van der Waals surface area contributed by atoms with E-state index in [9.17, 15) is 0 Å². The fourth-order valence-corrected chi connectivity index (χ4v) is 2.39. The van der Waals surface area contributed by atoms with E-state index in [-0.39, 0.29) is 6.04 Å². The molecule has 18 heavy (non-hydrogen) atoms. The molecule has 92 valence electrons. The summed E-state index contributed by atoms with van der Waals surface area (Å²) in [4.78, 5) is 0. The Kier molecular flexibility index (Phi) is 2.76. The number of nitrogens with two attached hydrogens (primary N) is 1. The average molecular weight is 261 g/mol. The molecule has 2 aromatic rings. The van der Waals surface area contributed by atoms with E-state index >= 15 is 0 Å². The summed E-state index contributed by atoms with van der Waals surface area (Å²) in [6.07, 6.45) is 0. The largest absolute Gasteiger partial charge is 0.491 e. The Bertz CT molecular complexity index is 566. The molecule has 0 saturated heterocycles. The van der Waals surface area contributed by atoms with Gasteiger partial charge in [0.15, 0.2) is 0 Å². The maximum absolute atomic E-state index is 6.15. The highest BCUT2D eigenvalue weighted by molar-refractivity contribution is 6.33. The monoisotopic (exact) mass is 260 g/mol. The van der Waals surface area contributed by atoms with E-state index in [1.54, 1.807) is 0 Å². The van der Waals surface area contributed by atoms with E-state index in [2.05, 4.69) is 5.32 Å². The Morgan fingerprint density at radius 3 is 2.83 bits per heavy atom. The van der Waals surface area contributed by atoms with Crippen LogP contribution in [0.5, 0.6) is 5.75 Å². The zero-order valence-electron chi connectivity index (χ0n) is 9.69. The number of fused-ring (bicyclic) bond motifs is 1. The lowest BCUT2D eigenvalue weighted by Gasteiger charge is -2.16. The quantitative estimate of drug-likeness (QED) is 0.813. The first-order chi connectivity index (χ1) is 8.75. The lowest BCUT2D eigenvalue weighted by Crippen LogP contribution is -2.13. The second-order valence-corrected chi connectivity index (χ2v) is 4.66. The Morgan fingerprint density at radius 1 is 1.17 bits per heavy atom. The summed E-state index contributed by atoms with van der Waals surface area (Å²) < 4.78 is 5.62. The van der Waals surface area contributed by atoms with Gasteiger partial charge in [-0.1, -0.05) is 35.9 Å². The van der Waals surface area contributed by atoms with E-state index in [1.807, 2.05) is 42.5 Å². The molecule has 3 rings (SSSR count). The smallest absolute Gasteiger partial charge is 0.124 e. The van der Waals surface area contributed by atoms with Crippen molar-refractivity contribution < 1.29 is 4.74 Å². The van der Waals surface area contributed by atoms with Crippen molar-refractivity contribution in [2.75, 3.05) is 17.7 Å². The molecule has 0 spiro atoms. The molecule has 0 aromatic heterocycles. The third-order valence-corrected chi connectivity index (χ3v) is 3.38. The van der Waals surface area contributed by atoms with Crippen molar-refractivity contribution in [3.63, 3.8) is 0 Å². The maximum atomic E-state index is 6.15. The minimum Gasteiger partial charge on any atom is -0.491 e. The molecule has 1 unspecified atom stereocenters. The Hall–Kier alpha value is -1.87. The zero-order chi connectivity index (χ0) is 12.5. The number of benzene rings is 2. The number of halogens is 1. The zero-order valence-corrected chi connectivity index (χ0v) is 10.4. The second kappa shape index (κ2) is 4.42. The van der Waals surface area contributed by atoms with E-state index in [1.165, 1.54) is 0 Å². The molecular weight excluding hydrogens is 248 g/mol. The molecule has 2 aromatic carbocycles. The molecule has 0 aliphatic carbocycles. The van der Waals surface area contributed by atoms with Crippen LogP contribution in [0.1, 0.15) is 11.6 Å². The van der Waals surface area contributed by atoms with Crippen LogP contribution in [0.3, 0.4) is 0 Å². The molecule has 1 heterocycles. The fraction of sp³-hybridized carbons (Fsp3) is 0.143. The van der Waals surface area contributed by atoms with Crippen LogP contribution in [0, 0.1) is 0 Å². The van der Waals surface area contributed by atoms with Crippen LogP contribution in [0.4, 0.5) is 11.4 Å². The summed E-state index contributed by atoms with van der Waals surface area (Å²) in [7, 11) is 0. The van der Waals surface area contributed by atoms with Gasteiger partial charge in [0.1, 0.15) is 12.4 Å². The van der Waals surface area contributed by atoms with Gasteiger partial charge in [-0.3, -0.25) is 0 Å². The number of hydrogen-bond acceptors (Lipinski definition) is 3. The minimum absolute atomic E-state index is 0.0865. The van der Waals surface area contributed by atoms with Crippen LogP contribution in [0.25, 0.3) is 0 Å². The second-order valence-electron chi connectivity index (χ2n) is 4.25. The maximum Gasteiger partial charge on any atom is 0.124 e. The molecule has 3 N–H and O–H groups in total. The highest BCUT2D eigenvalue weighted by Crippen LogP contribution is 2.37. The predicted molar refractivity (Wildman–Crippen MR) is 74.2 cm³/mol. The lowest BCUT2D eigenvalue weighted by atomic mass is 10.1. The van der Waals surface area contributed by atoms with Crippen molar-refractivity contribution in [1.29, 1.82) is 0 Å². The summed E-state index contributed by atoms with van der Waals surface area (Å²) in [5.41, 5.74) is 8.48. The molecule has 4 heteroatoms. The third-order valence-electron chi connectivity index (χ3n) is 3.06. The normalized spacial score (nSPS) is 17.1. The molecule has 1 aliphatic heterocycles. The Balaban J connectivity index is 1.91. The number of ether oxygens (including phenoxy) is 1. The number of nitrogens with one attached hydrogen (secondary N) is 1. The molecule has 1 aliphatic rings. The van der Waals surface area contributed by atoms with Gasteiger partial charge in [-0.2, -0.15) is 0 Å². The van der Waals surface area contributed by atoms with Gasteiger partial charge >= 0.3 is 0 Å². The van der Waals surface area contributed by atoms with E-state index in [0.717, 1.165) is 17.0 Å². The molecular formula is C14H13ClN2O. The Labute approximate surface area is 111 Å². The highest BCUT2D eigenvalue weighted by Gasteiger charge is 2.24. The first-order valence-electron chi connectivity index (χ1n) is 5.78. The van der Waals surface area contributed by atoms with Crippen molar-refractivity contribution in [3.05, 3.63) is 53.1 Å². The van der Waals surface area contributed by atoms with Crippen molar-refractivity contribution in [2.24, 2.45) is 0 Å². The average Bonchev–Trinajstić information content (AvgIpc) is 2.77. The van der Waals surface area contributed by atoms with Crippen molar-refractivity contribution in [1.82, 2.24) is 0 Å². The van der Waals surface area contributed by atoms with Gasteiger partial charge in [0, 0.05) is 5.56 Å². The van der Waals surface area contributed by atoms with Gasteiger partial charge in [0.25, 0.3) is 0 Å². The lowest BCUT2D eigenvalue weighted by molar-refractivity contribution is 0.340. The third kappa shape index (κ3) is 1.87. The van der Waals surface area contributed by atoms with Gasteiger partial charge in [0.2, 0.25) is 0 Å². The summed E-state index contributed by atoms with van der Waals surface area (Å²) in [6, 6.07) is 13.5. The topological polar surface area (TPSA) is 47.3 Å². The van der Waals surface area contributed by atoms with Crippen molar-refractivity contribution >= 4 is 23.0 Å². The van der Waals surface area contributed by atoms with E-state index in [0.29, 0.717) is 17.3 Å². The molecule has 0 bridgehead atoms. The molecule has 1 atom stereocenters. The minimum atomic E-state index is 0.0865. The van der Waals surface area contributed by atoms with Gasteiger partial charge in [0.05, 0.1) is 22.4 Å². The van der Waals surface area contributed by atoms with Crippen LogP contribution < -0.4 is 15.8 Å². The predicted octanol–water partition coefficient (Wildman–Crippen LogP) is 3.47. The van der Waals surface area contributed by atoms with E-state index in [4.69, 9.17) is 22.1 Å². The summed E-state index contributed by atoms with van der Waals surface area (Å²) in [6.45, 7) is 0.587. The molecule has 0 fully saturated rings. The summed E-state index contributed by atoms with van der Waals surface area (Å²) in [5, 5.41) is 3.98. The van der Waals surface area contributed by atoms with Crippen LogP contribution in [0.2, 0.25) is 5.02 Å². The van der Waals surface area contributed by atoms with Gasteiger partial charge in [-0.15, -0.1) is 0 Å². The SMILES string of the molecule is Nc1cccc(Cl)c1NC1COc2ccccc21. The molecule has 0 radical (unpaired) electrons. The fourth-order valence-electron chi connectivity index (χ4n) is 2.15. The Morgan fingerprint density at radius 2 is 2.00 bits per heavy atom. The van der Waals surface area contributed by atoms with Crippen LogP contribution >= 0.6 is 11.6 Å². The van der Waals surface area contributed by atoms with Gasteiger partial charge in [-0.25, -0.2) is 0 Å². The number of hydrogen-bond donors (Lipinski definition) is 2. The van der Waals surface area contributed by atoms with Crippen molar-refractivity contribution in [3.8, 4) is 5.75 Å². The van der Waals surface area contributed by atoms with Crippen LogP contribution in [0.15, 0.2) is 42.5 Å².